The van der Waals surface area contributed by atoms with Crippen LogP contribution in [0.1, 0.15) is 22.3 Å². The normalized spacial score (nSPS) is 11.0. The number of nitrogens with zero attached hydrogens (tertiary/aromatic N) is 1. The van der Waals surface area contributed by atoms with Crippen LogP contribution in [0, 0.1) is 25.2 Å². The molecule has 0 amide bonds. The number of rotatable bonds is 5. The lowest BCUT2D eigenvalue weighted by Crippen LogP contribution is -2.08. The van der Waals surface area contributed by atoms with E-state index in [0.29, 0.717) is 12.2 Å². The summed E-state index contributed by atoms with van der Waals surface area (Å²) in [7, 11) is -3.79. The second kappa shape index (κ2) is 7.65. The zero-order valence-corrected chi connectivity index (χ0v) is 16.0. The highest BCUT2D eigenvalue weighted by Gasteiger charge is 2.23. The number of anilines is 1. The minimum atomic E-state index is -3.79. The smallest absolute Gasteiger partial charge is 0.207 e. The van der Waals surface area contributed by atoms with Crippen LogP contribution < -0.4 is 5.32 Å². The third-order valence-electron chi connectivity index (χ3n) is 4.26. The van der Waals surface area contributed by atoms with Crippen molar-refractivity contribution < 1.29 is 8.42 Å². The number of nitrogens with one attached hydrogen (secondary N) is 1. The van der Waals surface area contributed by atoms with Gasteiger partial charge in [-0.25, -0.2) is 8.42 Å². The van der Waals surface area contributed by atoms with E-state index in [-0.39, 0.29) is 15.4 Å². The molecule has 1 N–H and O–H groups in total. The minimum absolute atomic E-state index is 0.0214. The summed E-state index contributed by atoms with van der Waals surface area (Å²) in [4.78, 5) is 0.227. The molecule has 0 radical (unpaired) electrons. The first kappa shape index (κ1) is 18.7. The Morgan fingerprint density at radius 3 is 2.22 bits per heavy atom. The van der Waals surface area contributed by atoms with Crippen molar-refractivity contribution in [2.45, 2.75) is 30.2 Å². The molecule has 0 saturated carbocycles. The second-order valence-electron chi connectivity index (χ2n) is 6.46. The van der Waals surface area contributed by atoms with E-state index in [4.69, 9.17) is 0 Å². The van der Waals surface area contributed by atoms with E-state index in [1.807, 2.05) is 50.2 Å². The number of sulfone groups is 1. The summed E-state index contributed by atoms with van der Waals surface area (Å²) in [6.45, 7) is 4.21. The van der Waals surface area contributed by atoms with Crippen LogP contribution in [-0.2, 0) is 16.4 Å². The SMILES string of the molecule is Cc1cc(C)cc(S(=O)(=O)c2cccc(NCc3ccccc3)c2C#N)c1. The monoisotopic (exact) mass is 376 g/mol. The highest BCUT2D eigenvalue weighted by Crippen LogP contribution is 2.29. The van der Waals surface area contributed by atoms with Crippen molar-refractivity contribution in [1.82, 2.24) is 0 Å². The fourth-order valence-corrected chi connectivity index (χ4v) is 4.64. The fraction of sp³-hybridized carbons (Fsp3) is 0.136. The molecule has 0 fully saturated rings. The highest BCUT2D eigenvalue weighted by molar-refractivity contribution is 7.91. The van der Waals surface area contributed by atoms with Gasteiger partial charge in [0.1, 0.15) is 6.07 Å². The highest BCUT2D eigenvalue weighted by atomic mass is 32.2. The maximum absolute atomic E-state index is 13.2. The summed E-state index contributed by atoms with van der Waals surface area (Å²) >= 11 is 0. The van der Waals surface area contributed by atoms with E-state index < -0.39 is 9.84 Å². The number of aryl methyl sites for hydroxylation is 2. The van der Waals surface area contributed by atoms with Crippen molar-refractivity contribution >= 4 is 15.5 Å². The molecule has 3 aromatic carbocycles. The van der Waals surface area contributed by atoms with Crippen molar-refractivity contribution in [2.24, 2.45) is 0 Å². The Morgan fingerprint density at radius 1 is 0.926 bits per heavy atom. The van der Waals surface area contributed by atoms with Gasteiger partial charge in [0.2, 0.25) is 9.84 Å². The predicted octanol–water partition coefficient (Wildman–Crippen LogP) is 4.62. The maximum atomic E-state index is 13.2. The molecule has 0 aliphatic heterocycles. The molecule has 136 valence electrons. The summed E-state index contributed by atoms with van der Waals surface area (Å²) < 4.78 is 26.3. The van der Waals surface area contributed by atoms with E-state index in [1.165, 1.54) is 6.07 Å². The van der Waals surface area contributed by atoms with Crippen LogP contribution in [0.15, 0.2) is 76.5 Å². The molecular formula is C22H20N2O2S. The van der Waals surface area contributed by atoms with Crippen LogP contribution in [0.5, 0.6) is 0 Å². The van der Waals surface area contributed by atoms with Gasteiger partial charge in [0.05, 0.1) is 21.0 Å². The Bertz CT molecular complexity index is 1090. The molecule has 0 spiro atoms. The first-order valence-corrected chi connectivity index (χ1v) is 10.0. The van der Waals surface area contributed by atoms with Gasteiger partial charge in [-0.15, -0.1) is 0 Å². The van der Waals surface area contributed by atoms with Gasteiger partial charge in [-0.1, -0.05) is 42.5 Å². The quantitative estimate of drug-likeness (QED) is 0.705. The zero-order chi connectivity index (χ0) is 19.4. The van der Waals surface area contributed by atoms with Gasteiger partial charge < -0.3 is 5.32 Å². The molecule has 0 bridgehead atoms. The molecule has 3 rings (SSSR count). The van der Waals surface area contributed by atoms with Crippen molar-refractivity contribution in [3.63, 3.8) is 0 Å². The molecule has 0 heterocycles. The Kier molecular flexibility index (Phi) is 5.29. The molecule has 0 unspecified atom stereocenters. The van der Waals surface area contributed by atoms with Gasteiger partial charge in [-0.3, -0.25) is 0 Å². The molecule has 0 aromatic heterocycles. The van der Waals surface area contributed by atoms with Crippen LogP contribution in [0.25, 0.3) is 0 Å². The lowest BCUT2D eigenvalue weighted by Gasteiger charge is -2.13. The van der Waals surface area contributed by atoms with Crippen LogP contribution >= 0.6 is 0 Å². The van der Waals surface area contributed by atoms with Crippen LogP contribution in [0.4, 0.5) is 5.69 Å². The lowest BCUT2D eigenvalue weighted by molar-refractivity contribution is 0.595. The molecule has 5 heteroatoms. The Morgan fingerprint density at radius 2 is 1.59 bits per heavy atom. The minimum Gasteiger partial charge on any atom is -0.380 e. The summed E-state index contributed by atoms with van der Waals surface area (Å²) in [5, 5.41) is 12.8. The predicted molar refractivity (Wildman–Crippen MR) is 106 cm³/mol. The molecule has 27 heavy (non-hydrogen) atoms. The average Bonchev–Trinajstić information content (AvgIpc) is 2.66. The second-order valence-corrected chi connectivity index (χ2v) is 8.37. The van der Waals surface area contributed by atoms with Crippen LogP contribution in [0.2, 0.25) is 0 Å². The van der Waals surface area contributed by atoms with E-state index in [9.17, 15) is 13.7 Å². The topological polar surface area (TPSA) is 70.0 Å². The lowest BCUT2D eigenvalue weighted by atomic mass is 10.1. The van der Waals surface area contributed by atoms with Gasteiger partial charge in [0.25, 0.3) is 0 Å². The van der Waals surface area contributed by atoms with Crippen LogP contribution in [-0.4, -0.2) is 8.42 Å². The third kappa shape index (κ3) is 4.02. The first-order valence-electron chi connectivity index (χ1n) is 8.56. The van der Waals surface area contributed by atoms with Crippen molar-refractivity contribution in [3.05, 3.63) is 89.0 Å². The van der Waals surface area contributed by atoms with Gasteiger partial charge in [-0.05, 0) is 54.8 Å². The molecule has 4 nitrogen and oxygen atoms in total. The number of nitriles is 1. The number of benzene rings is 3. The Balaban J connectivity index is 2.02. The average molecular weight is 376 g/mol. The summed E-state index contributed by atoms with van der Waals surface area (Å²) in [5.74, 6) is 0. The fourth-order valence-electron chi connectivity index (χ4n) is 3.03. The van der Waals surface area contributed by atoms with Gasteiger partial charge in [-0.2, -0.15) is 5.26 Å². The molecule has 0 aliphatic rings. The molecule has 0 atom stereocenters. The molecule has 3 aromatic rings. The molecular weight excluding hydrogens is 356 g/mol. The van der Waals surface area contributed by atoms with Gasteiger partial charge in [0.15, 0.2) is 0 Å². The van der Waals surface area contributed by atoms with Crippen molar-refractivity contribution in [2.75, 3.05) is 5.32 Å². The van der Waals surface area contributed by atoms with Gasteiger partial charge in [0, 0.05) is 6.54 Å². The largest absolute Gasteiger partial charge is 0.380 e. The summed E-state index contributed by atoms with van der Waals surface area (Å²) in [6, 6.07) is 21.8. The van der Waals surface area contributed by atoms with Crippen molar-refractivity contribution in [3.8, 4) is 6.07 Å². The maximum Gasteiger partial charge on any atom is 0.207 e. The Labute approximate surface area is 160 Å². The van der Waals surface area contributed by atoms with Crippen molar-refractivity contribution in [1.29, 1.82) is 5.26 Å². The molecule has 0 aliphatic carbocycles. The summed E-state index contributed by atoms with van der Waals surface area (Å²) in [5.41, 5.74) is 3.42. The Hall–Kier alpha value is -3.10. The standard InChI is InChI=1S/C22H20N2O2S/c1-16-11-17(2)13-19(12-16)27(25,26)22-10-6-9-21(20(22)14-23)24-15-18-7-4-3-5-8-18/h3-13,24H,15H2,1-2H3. The first-order chi connectivity index (χ1) is 12.9. The van der Waals surface area contributed by atoms with Gasteiger partial charge >= 0.3 is 0 Å². The van der Waals surface area contributed by atoms with Crippen LogP contribution in [0.3, 0.4) is 0 Å². The number of hydrogen-bond acceptors (Lipinski definition) is 4. The van der Waals surface area contributed by atoms with E-state index in [0.717, 1.165) is 16.7 Å². The zero-order valence-electron chi connectivity index (χ0n) is 15.2. The van der Waals surface area contributed by atoms with E-state index >= 15 is 0 Å². The number of hydrogen-bond donors (Lipinski definition) is 1. The third-order valence-corrected chi connectivity index (χ3v) is 6.03. The van der Waals surface area contributed by atoms with E-state index in [2.05, 4.69) is 11.4 Å². The molecule has 0 saturated heterocycles. The summed E-state index contributed by atoms with van der Waals surface area (Å²) in [6.07, 6.45) is 0. The van der Waals surface area contributed by atoms with E-state index in [1.54, 1.807) is 24.3 Å².